The number of aliphatic hydroxyl groups is 1. The van der Waals surface area contributed by atoms with E-state index in [2.05, 4.69) is 5.32 Å². The molecule has 0 saturated carbocycles. The van der Waals surface area contributed by atoms with Crippen LogP contribution in [0.25, 0.3) is 0 Å². The number of hydrogen-bond acceptors (Lipinski definition) is 3. The van der Waals surface area contributed by atoms with Crippen LogP contribution in [0.15, 0.2) is 24.3 Å². The van der Waals surface area contributed by atoms with Crippen LogP contribution in [0, 0.1) is 11.7 Å². The van der Waals surface area contributed by atoms with Crippen LogP contribution in [0.1, 0.15) is 26.7 Å². The second kappa shape index (κ2) is 8.53. The molecule has 0 aliphatic carbocycles. The summed E-state index contributed by atoms with van der Waals surface area (Å²) >= 11 is 0. The lowest BCUT2D eigenvalue weighted by Gasteiger charge is -2.14. The summed E-state index contributed by atoms with van der Waals surface area (Å²) in [7, 11) is 0. The van der Waals surface area contributed by atoms with Gasteiger partial charge in [-0.15, -0.1) is 0 Å². The van der Waals surface area contributed by atoms with Gasteiger partial charge in [0.1, 0.15) is 0 Å². The van der Waals surface area contributed by atoms with Crippen LogP contribution in [0.3, 0.4) is 0 Å². The SMILES string of the molecule is CC(C)CC(O)CNC(=O)CCOc1ccccc1F. The van der Waals surface area contributed by atoms with Crippen molar-refractivity contribution in [1.82, 2.24) is 5.32 Å². The molecule has 0 aromatic heterocycles. The van der Waals surface area contributed by atoms with E-state index < -0.39 is 11.9 Å². The summed E-state index contributed by atoms with van der Waals surface area (Å²) in [5, 5.41) is 12.2. The van der Waals surface area contributed by atoms with Gasteiger partial charge in [0, 0.05) is 6.54 Å². The van der Waals surface area contributed by atoms with E-state index in [1.54, 1.807) is 12.1 Å². The van der Waals surface area contributed by atoms with Crippen LogP contribution in [-0.2, 0) is 4.79 Å². The molecule has 1 aromatic rings. The zero-order valence-electron chi connectivity index (χ0n) is 11.9. The Labute approximate surface area is 119 Å². The zero-order valence-corrected chi connectivity index (χ0v) is 11.9. The molecule has 20 heavy (non-hydrogen) atoms. The number of amides is 1. The highest BCUT2D eigenvalue weighted by atomic mass is 19.1. The van der Waals surface area contributed by atoms with Crippen molar-refractivity contribution < 1.29 is 19.0 Å². The standard InChI is InChI=1S/C15H22FNO3/c1-11(2)9-12(18)10-17-15(19)7-8-20-14-6-4-3-5-13(14)16/h3-6,11-12,18H,7-10H2,1-2H3,(H,17,19). The number of carbonyl (C=O) groups is 1. The molecular weight excluding hydrogens is 261 g/mol. The molecule has 4 nitrogen and oxygen atoms in total. The monoisotopic (exact) mass is 283 g/mol. The quantitative estimate of drug-likeness (QED) is 0.768. The first-order valence-electron chi connectivity index (χ1n) is 6.81. The van der Waals surface area contributed by atoms with Gasteiger partial charge in [0.05, 0.1) is 19.1 Å². The lowest BCUT2D eigenvalue weighted by Crippen LogP contribution is -2.33. The highest BCUT2D eigenvalue weighted by molar-refractivity contribution is 5.76. The third kappa shape index (κ3) is 6.52. The fourth-order valence-corrected chi connectivity index (χ4v) is 1.76. The second-order valence-corrected chi connectivity index (χ2v) is 5.12. The fraction of sp³-hybridized carbons (Fsp3) is 0.533. The molecule has 112 valence electrons. The molecule has 1 unspecified atom stereocenters. The molecule has 0 bridgehead atoms. The largest absolute Gasteiger partial charge is 0.490 e. The van der Waals surface area contributed by atoms with E-state index in [9.17, 15) is 14.3 Å². The average Bonchev–Trinajstić information content (AvgIpc) is 2.38. The Morgan fingerprint density at radius 1 is 1.40 bits per heavy atom. The molecule has 0 aliphatic rings. The number of nitrogens with one attached hydrogen (secondary N) is 1. The first-order valence-corrected chi connectivity index (χ1v) is 6.81. The van der Waals surface area contributed by atoms with Crippen molar-refractivity contribution in [3.8, 4) is 5.75 Å². The number of rotatable bonds is 8. The van der Waals surface area contributed by atoms with Gasteiger partial charge in [-0.1, -0.05) is 26.0 Å². The highest BCUT2D eigenvalue weighted by Gasteiger charge is 2.09. The molecule has 5 heteroatoms. The Morgan fingerprint density at radius 2 is 2.10 bits per heavy atom. The molecule has 1 rings (SSSR count). The Hall–Kier alpha value is -1.62. The summed E-state index contributed by atoms with van der Waals surface area (Å²) in [6.45, 7) is 4.35. The van der Waals surface area contributed by atoms with Crippen molar-refractivity contribution in [1.29, 1.82) is 0 Å². The van der Waals surface area contributed by atoms with Crippen molar-refractivity contribution in [2.24, 2.45) is 5.92 Å². The van der Waals surface area contributed by atoms with Crippen LogP contribution in [0.4, 0.5) is 4.39 Å². The molecule has 1 aromatic carbocycles. The fourth-order valence-electron chi connectivity index (χ4n) is 1.76. The van der Waals surface area contributed by atoms with Gasteiger partial charge in [-0.05, 0) is 24.5 Å². The lowest BCUT2D eigenvalue weighted by molar-refractivity contribution is -0.122. The third-order valence-electron chi connectivity index (χ3n) is 2.70. The van der Waals surface area contributed by atoms with Crippen LogP contribution in [0.5, 0.6) is 5.75 Å². The van der Waals surface area contributed by atoms with E-state index in [1.807, 2.05) is 13.8 Å². The predicted molar refractivity (Wildman–Crippen MR) is 75.0 cm³/mol. The van der Waals surface area contributed by atoms with Crippen molar-refractivity contribution in [3.63, 3.8) is 0 Å². The van der Waals surface area contributed by atoms with Gasteiger partial charge in [0.25, 0.3) is 0 Å². The molecule has 2 N–H and O–H groups in total. The van der Waals surface area contributed by atoms with Gasteiger partial charge in [-0.2, -0.15) is 0 Å². The van der Waals surface area contributed by atoms with Gasteiger partial charge in [-0.25, -0.2) is 4.39 Å². The highest BCUT2D eigenvalue weighted by Crippen LogP contribution is 2.15. The molecule has 0 fully saturated rings. The van der Waals surface area contributed by atoms with Crippen molar-refractivity contribution in [2.75, 3.05) is 13.2 Å². The molecular formula is C15H22FNO3. The molecule has 0 saturated heterocycles. The Balaban J connectivity index is 2.19. The summed E-state index contributed by atoms with van der Waals surface area (Å²) in [5.74, 6) is -0.143. The second-order valence-electron chi connectivity index (χ2n) is 5.12. The average molecular weight is 283 g/mol. The Kier molecular flexibility index (Phi) is 7.01. The maximum Gasteiger partial charge on any atom is 0.223 e. The third-order valence-corrected chi connectivity index (χ3v) is 2.70. The summed E-state index contributed by atoms with van der Waals surface area (Å²) < 4.78 is 18.4. The number of benzene rings is 1. The van der Waals surface area contributed by atoms with Gasteiger partial charge >= 0.3 is 0 Å². The van der Waals surface area contributed by atoms with Crippen molar-refractivity contribution in [3.05, 3.63) is 30.1 Å². The van der Waals surface area contributed by atoms with Crippen LogP contribution < -0.4 is 10.1 Å². The molecule has 1 atom stereocenters. The van der Waals surface area contributed by atoms with Gasteiger partial charge in [0.15, 0.2) is 11.6 Å². The number of ether oxygens (including phenoxy) is 1. The smallest absolute Gasteiger partial charge is 0.223 e. The molecule has 0 radical (unpaired) electrons. The normalized spacial score (nSPS) is 12.2. The minimum atomic E-state index is -0.536. The van der Waals surface area contributed by atoms with Gasteiger partial charge < -0.3 is 15.2 Å². The minimum Gasteiger partial charge on any atom is -0.490 e. The van der Waals surface area contributed by atoms with Gasteiger partial charge in [0.2, 0.25) is 5.91 Å². The van der Waals surface area contributed by atoms with E-state index in [0.29, 0.717) is 12.3 Å². The van der Waals surface area contributed by atoms with E-state index in [0.717, 1.165) is 0 Å². The number of carbonyl (C=O) groups excluding carboxylic acids is 1. The number of hydrogen-bond donors (Lipinski definition) is 2. The summed E-state index contributed by atoms with van der Waals surface area (Å²) in [6.07, 6.45) is 0.237. The van der Waals surface area contributed by atoms with E-state index in [4.69, 9.17) is 4.74 Å². The van der Waals surface area contributed by atoms with Crippen LogP contribution >= 0.6 is 0 Å². The maximum absolute atomic E-state index is 13.2. The van der Waals surface area contributed by atoms with E-state index in [-0.39, 0.29) is 31.2 Å². The number of para-hydroxylation sites is 1. The topological polar surface area (TPSA) is 58.6 Å². The molecule has 0 aliphatic heterocycles. The molecule has 1 amide bonds. The first kappa shape index (κ1) is 16.4. The lowest BCUT2D eigenvalue weighted by atomic mass is 10.1. The number of halogens is 1. The molecule has 0 spiro atoms. The summed E-state index contributed by atoms with van der Waals surface area (Å²) in [5.41, 5.74) is 0. The maximum atomic E-state index is 13.2. The Morgan fingerprint density at radius 3 is 2.75 bits per heavy atom. The molecule has 0 heterocycles. The van der Waals surface area contributed by atoms with Crippen molar-refractivity contribution >= 4 is 5.91 Å². The van der Waals surface area contributed by atoms with E-state index in [1.165, 1.54) is 12.1 Å². The minimum absolute atomic E-state index is 0.104. The predicted octanol–water partition coefficient (Wildman–Crippen LogP) is 2.12. The zero-order chi connectivity index (χ0) is 15.0. The summed E-state index contributed by atoms with van der Waals surface area (Å²) in [4.78, 5) is 11.5. The van der Waals surface area contributed by atoms with Crippen molar-refractivity contribution in [2.45, 2.75) is 32.8 Å². The summed E-state index contributed by atoms with van der Waals surface area (Å²) in [6, 6.07) is 6.06. The van der Waals surface area contributed by atoms with E-state index >= 15 is 0 Å². The number of aliphatic hydroxyl groups excluding tert-OH is 1. The Bertz CT molecular complexity index is 423. The van der Waals surface area contributed by atoms with Crippen LogP contribution in [0.2, 0.25) is 0 Å². The van der Waals surface area contributed by atoms with Crippen LogP contribution in [-0.4, -0.2) is 30.3 Å². The van der Waals surface area contributed by atoms with Gasteiger partial charge in [-0.3, -0.25) is 4.79 Å². The first-order chi connectivity index (χ1) is 9.49.